The molecule has 0 saturated carbocycles. The van der Waals surface area contributed by atoms with Crippen LogP contribution < -0.4 is 5.32 Å². The van der Waals surface area contributed by atoms with Gasteiger partial charge in [-0.2, -0.15) is 5.10 Å². The Bertz CT molecular complexity index is 973. The first kappa shape index (κ1) is 19.2. The molecule has 28 heavy (non-hydrogen) atoms. The Balaban J connectivity index is 1.71. The Morgan fingerprint density at radius 3 is 2.43 bits per heavy atom. The average Bonchev–Trinajstić information content (AvgIpc) is 3.12. The van der Waals surface area contributed by atoms with Crippen molar-refractivity contribution in [1.29, 1.82) is 0 Å². The molecule has 0 aliphatic carbocycles. The average molecular weight is 379 g/mol. The zero-order valence-electron chi connectivity index (χ0n) is 15.7. The van der Waals surface area contributed by atoms with E-state index in [0.717, 1.165) is 28.1 Å². The highest BCUT2D eigenvalue weighted by Gasteiger charge is 2.13. The molecular weight excluding hydrogens is 358 g/mol. The molecule has 0 bridgehead atoms. The van der Waals surface area contributed by atoms with Gasteiger partial charge in [0, 0.05) is 18.0 Å². The lowest BCUT2D eigenvalue weighted by molar-refractivity contribution is -0.154. The Morgan fingerprint density at radius 2 is 1.79 bits per heavy atom. The van der Waals surface area contributed by atoms with Crippen LogP contribution in [0.4, 0.5) is 11.5 Å². The molecule has 7 nitrogen and oxygen atoms in total. The van der Waals surface area contributed by atoms with Crippen LogP contribution in [0, 0.1) is 13.8 Å². The van der Waals surface area contributed by atoms with Crippen molar-refractivity contribution < 1.29 is 19.4 Å². The first-order valence-electron chi connectivity index (χ1n) is 8.78. The summed E-state index contributed by atoms with van der Waals surface area (Å²) in [6.45, 7) is 3.18. The predicted molar refractivity (Wildman–Crippen MR) is 105 cm³/mol. The highest BCUT2D eigenvalue weighted by atomic mass is 16.5. The van der Waals surface area contributed by atoms with E-state index in [9.17, 15) is 9.59 Å². The van der Waals surface area contributed by atoms with Crippen LogP contribution in [0.25, 0.3) is 5.69 Å². The summed E-state index contributed by atoms with van der Waals surface area (Å²) in [5.74, 6) is -1.02. The number of nitrogens with zero attached hydrogens (tertiary/aromatic N) is 2. The second kappa shape index (κ2) is 8.39. The van der Waals surface area contributed by atoms with Crippen molar-refractivity contribution in [2.45, 2.75) is 20.3 Å². The fraction of sp³-hybridized carbons (Fsp3) is 0.190. The molecule has 1 heterocycles. The molecule has 0 fully saturated rings. The van der Waals surface area contributed by atoms with Gasteiger partial charge >= 0.3 is 11.9 Å². The highest BCUT2D eigenvalue weighted by Crippen LogP contribution is 2.24. The van der Waals surface area contributed by atoms with E-state index in [1.807, 2.05) is 68.6 Å². The Labute approximate surface area is 162 Å². The standard InChI is InChI=1S/C21H21N3O4/c1-14-10-16(11-15(2)18(14)12-21(27)28-13-20(25)26)22-19-8-9-24(23-19)17-6-4-3-5-7-17/h3-11H,12-13H2,1-2H3,(H,22,23)(H,25,26). The van der Waals surface area contributed by atoms with Gasteiger partial charge in [-0.15, -0.1) is 0 Å². The molecule has 0 radical (unpaired) electrons. The minimum absolute atomic E-state index is 0.0356. The number of esters is 1. The minimum atomic E-state index is -1.17. The Kier molecular flexibility index (Phi) is 5.74. The van der Waals surface area contributed by atoms with Gasteiger partial charge in [-0.05, 0) is 54.8 Å². The van der Waals surface area contributed by atoms with Crippen molar-refractivity contribution in [3.8, 4) is 5.69 Å². The van der Waals surface area contributed by atoms with E-state index in [4.69, 9.17) is 9.84 Å². The molecular formula is C21H21N3O4. The number of hydrogen-bond donors (Lipinski definition) is 2. The van der Waals surface area contributed by atoms with Crippen molar-refractivity contribution in [2.75, 3.05) is 11.9 Å². The molecule has 0 amide bonds. The number of carboxylic acid groups (broad SMARTS) is 1. The Morgan fingerprint density at radius 1 is 1.11 bits per heavy atom. The number of ether oxygens (including phenoxy) is 1. The first-order valence-corrected chi connectivity index (χ1v) is 8.78. The predicted octanol–water partition coefficient (Wildman–Crippen LogP) is 3.40. The molecule has 0 saturated heterocycles. The van der Waals surface area contributed by atoms with E-state index in [1.165, 1.54) is 0 Å². The maximum absolute atomic E-state index is 11.8. The lowest BCUT2D eigenvalue weighted by atomic mass is 9.99. The summed E-state index contributed by atoms with van der Waals surface area (Å²) in [5, 5.41) is 16.4. The molecule has 0 spiro atoms. The van der Waals surface area contributed by atoms with Gasteiger partial charge in [-0.1, -0.05) is 18.2 Å². The third kappa shape index (κ3) is 4.76. The van der Waals surface area contributed by atoms with E-state index < -0.39 is 18.5 Å². The summed E-state index contributed by atoms with van der Waals surface area (Å²) >= 11 is 0. The summed E-state index contributed by atoms with van der Waals surface area (Å²) < 4.78 is 6.51. The second-order valence-electron chi connectivity index (χ2n) is 6.43. The van der Waals surface area contributed by atoms with Crippen molar-refractivity contribution in [3.63, 3.8) is 0 Å². The maximum atomic E-state index is 11.8. The fourth-order valence-electron chi connectivity index (χ4n) is 2.95. The minimum Gasteiger partial charge on any atom is -0.479 e. The summed E-state index contributed by atoms with van der Waals surface area (Å²) in [5.41, 5.74) is 4.49. The van der Waals surface area contributed by atoms with Crippen LogP contribution in [0.15, 0.2) is 54.7 Å². The molecule has 0 atom stereocenters. The molecule has 2 aromatic carbocycles. The molecule has 0 aliphatic heterocycles. The third-order valence-electron chi connectivity index (χ3n) is 4.26. The van der Waals surface area contributed by atoms with Crippen LogP contribution in [-0.4, -0.2) is 33.4 Å². The summed E-state index contributed by atoms with van der Waals surface area (Å²) in [7, 11) is 0. The number of anilines is 2. The largest absolute Gasteiger partial charge is 0.479 e. The van der Waals surface area contributed by atoms with E-state index in [-0.39, 0.29) is 6.42 Å². The normalized spacial score (nSPS) is 10.5. The van der Waals surface area contributed by atoms with Crippen molar-refractivity contribution in [1.82, 2.24) is 9.78 Å². The number of aryl methyl sites for hydroxylation is 2. The first-order chi connectivity index (χ1) is 13.4. The number of aromatic nitrogens is 2. The van der Waals surface area contributed by atoms with Crippen LogP contribution in [-0.2, 0) is 20.7 Å². The number of carbonyl (C=O) groups is 2. The molecule has 7 heteroatoms. The Hall–Kier alpha value is -3.61. The van der Waals surface area contributed by atoms with Gasteiger partial charge in [0.1, 0.15) is 0 Å². The van der Waals surface area contributed by atoms with Gasteiger partial charge in [-0.3, -0.25) is 4.79 Å². The molecule has 0 unspecified atom stereocenters. The highest BCUT2D eigenvalue weighted by molar-refractivity contribution is 5.78. The number of aliphatic carboxylic acids is 1. The van der Waals surface area contributed by atoms with Gasteiger partial charge in [0.25, 0.3) is 0 Å². The maximum Gasteiger partial charge on any atom is 0.341 e. The molecule has 2 N–H and O–H groups in total. The summed E-state index contributed by atoms with van der Waals surface area (Å²) in [6, 6.07) is 15.6. The molecule has 0 aliphatic rings. The molecule has 3 aromatic rings. The number of benzene rings is 2. The number of nitrogens with one attached hydrogen (secondary N) is 1. The van der Waals surface area contributed by atoms with E-state index in [2.05, 4.69) is 10.4 Å². The van der Waals surface area contributed by atoms with Crippen LogP contribution in [0.5, 0.6) is 0 Å². The molecule has 3 rings (SSSR count). The SMILES string of the molecule is Cc1cc(Nc2ccn(-c3ccccc3)n2)cc(C)c1CC(=O)OCC(=O)O. The third-order valence-corrected chi connectivity index (χ3v) is 4.26. The topological polar surface area (TPSA) is 93.5 Å². The van der Waals surface area contributed by atoms with Gasteiger partial charge in [0.2, 0.25) is 0 Å². The van der Waals surface area contributed by atoms with Crippen LogP contribution in [0.1, 0.15) is 16.7 Å². The number of para-hydroxylation sites is 1. The van der Waals surface area contributed by atoms with Crippen molar-refractivity contribution in [2.24, 2.45) is 0 Å². The molecule has 144 valence electrons. The second-order valence-corrected chi connectivity index (χ2v) is 6.43. The monoisotopic (exact) mass is 379 g/mol. The zero-order chi connectivity index (χ0) is 20.1. The van der Waals surface area contributed by atoms with Crippen LogP contribution in [0.2, 0.25) is 0 Å². The van der Waals surface area contributed by atoms with Crippen molar-refractivity contribution in [3.05, 3.63) is 71.4 Å². The van der Waals surface area contributed by atoms with Gasteiger partial charge < -0.3 is 15.2 Å². The van der Waals surface area contributed by atoms with E-state index >= 15 is 0 Å². The number of hydrogen-bond acceptors (Lipinski definition) is 5. The number of rotatable bonds is 7. The lowest BCUT2D eigenvalue weighted by Gasteiger charge is -2.13. The summed E-state index contributed by atoms with van der Waals surface area (Å²) in [6.07, 6.45) is 1.91. The van der Waals surface area contributed by atoms with Crippen LogP contribution >= 0.6 is 0 Å². The quantitative estimate of drug-likeness (QED) is 0.611. The molecule has 1 aromatic heterocycles. The number of carbonyl (C=O) groups excluding carboxylic acids is 1. The summed E-state index contributed by atoms with van der Waals surface area (Å²) in [4.78, 5) is 22.3. The van der Waals surface area contributed by atoms with Gasteiger partial charge in [0.05, 0.1) is 12.1 Å². The smallest absolute Gasteiger partial charge is 0.341 e. The van der Waals surface area contributed by atoms with E-state index in [0.29, 0.717) is 5.82 Å². The lowest BCUT2D eigenvalue weighted by Crippen LogP contribution is -2.15. The van der Waals surface area contributed by atoms with Gasteiger partial charge in [0.15, 0.2) is 12.4 Å². The van der Waals surface area contributed by atoms with E-state index in [1.54, 1.807) is 4.68 Å². The van der Waals surface area contributed by atoms with Gasteiger partial charge in [-0.25, -0.2) is 9.48 Å². The zero-order valence-corrected chi connectivity index (χ0v) is 15.7. The van der Waals surface area contributed by atoms with Crippen molar-refractivity contribution >= 4 is 23.4 Å². The van der Waals surface area contributed by atoms with Crippen LogP contribution in [0.3, 0.4) is 0 Å². The fourth-order valence-corrected chi connectivity index (χ4v) is 2.95. The number of carboxylic acids is 1.